The van der Waals surface area contributed by atoms with Crippen LogP contribution in [-0.2, 0) is 23.2 Å². The van der Waals surface area contributed by atoms with Crippen molar-refractivity contribution in [2.24, 2.45) is 5.92 Å². The lowest BCUT2D eigenvalue weighted by atomic mass is 9.95. The van der Waals surface area contributed by atoms with E-state index in [-0.39, 0.29) is 29.4 Å². The molecule has 19 heteroatoms. The summed E-state index contributed by atoms with van der Waals surface area (Å²) in [5.41, 5.74) is 3.65. The number of halogens is 1. The summed E-state index contributed by atoms with van der Waals surface area (Å²) in [5.74, 6) is -0.249. The molecule has 0 aliphatic carbocycles. The van der Waals surface area contributed by atoms with E-state index in [1.54, 1.807) is 43.5 Å². The molecule has 320 valence electrons. The van der Waals surface area contributed by atoms with Gasteiger partial charge in [-0.3, -0.25) is 38.9 Å². The van der Waals surface area contributed by atoms with Crippen molar-refractivity contribution in [1.29, 1.82) is 0 Å². The fourth-order valence-corrected chi connectivity index (χ4v) is 9.79. The summed E-state index contributed by atoms with van der Waals surface area (Å²) in [4.78, 5) is 67.7. The highest BCUT2D eigenvalue weighted by molar-refractivity contribution is 7.62. The Morgan fingerprint density at radius 1 is 0.803 bits per heavy atom. The summed E-state index contributed by atoms with van der Waals surface area (Å²) in [6.07, 6.45) is 3.79. The molecule has 0 saturated carbocycles. The third kappa shape index (κ3) is 8.66. The molecule has 17 nitrogen and oxygen atoms in total. The van der Waals surface area contributed by atoms with E-state index >= 15 is 0 Å². The molecular weight excluding hydrogens is 825 g/mol. The van der Waals surface area contributed by atoms with Gasteiger partial charge >= 0.3 is 7.60 Å². The summed E-state index contributed by atoms with van der Waals surface area (Å²) in [6.45, 7) is 6.16. The van der Waals surface area contributed by atoms with Crippen LogP contribution in [0.2, 0.25) is 5.02 Å². The monoisotopic (exact) mass is 871 g/mol. The summed E-state index contributed by atoms with van der Waals surface area (Å²) >= 11 is 6.48. The summed E-state index contributed by atoms with van der Waals surface area (Å²) in [6, 6.07) is 17.2. The molecular formula is C42H47ClN9O8P. The van der Waals surface area contributed by atoms with Crippen molar-refractivity contribution < 1.29 is 37.5 Å². The highest BCUT2D eigenvalue weighted by atomic mass is 35.5. The van der Waals surface area contributed by atoms with Crippen LogP contribution in [0.1, 0.15) is 46.4 Å². The number of imide groups is 2. The zero-order valence-electron chi connectivity index (χ0n) is 34.1. The van der Waals surface area contributed by atoms with Crippen LogP contribution in [0.25, 0.3) is 0 Å². The molecule has 8 rings (SSSR count). The van der Waals surface area contributed by atoms with Crippen molar-refractivity contribution in [2.75, 3.05) is 87.6 Å². The Kier molecular flexibility index (Phi) is 12.3. The van der Waals surface area contributed by atoms with Crippen LogP contribution in [0.4, 0.5) is 34.5 Å². The van der Waals surface area contributed by atoms with Gasteiger partial charge in [0.1, 0.15) is 16.8 Å². The molecule has 4 aliphatic rings. The van der Waals surface area contributed by atoms with E-state index in [0.717, 1.165) is 74.9 Å². The largest absolute Gasteiger partial charge is 0.494 e. The first kappa shape index (κ1) is 42.1. The molecule has 1 unspecified atom stereocenters. The molecule has 1 aromatic heterocycles. The Labute approximate surface area is 358 Å². The van der Waals surface area contributed by atoms with E-state index in [2.05, 4.69) is 46.7 Å². The van der Waals surface area contributed by atoms with Crippen molar-refractivity contribution in [3.63, 3.8) is 0 Å². The molecule has 3 N–H and O–H groups in total. The SMILES string of the molecule is COc1cc(N2CCC(CN3CCN(c4ccc5c(c4)C(=O)N(C4CCC(=O)NC4=O)C5=O)CC3)CC2)ccc1Nc1ncc(Cl)c(Nc2ccccc2P(=O)(OC)OC)n1. The minimum Gasteiger partial charge on any atom is -0.494 e. The van der Waals surface area contributed by atoms with Gasteiger partial charge in [0.05, 0.1) is 41.1 Å². The molecule has 3 fully saturated rings. The number of carbonyl (C=O) groups is 4. The zero-order chi connectivity index (χ0) is 42.8. The summed E-state index contributed by atoms with van der Waals surface area (Å²) < 4.78 is 29.4. The Morgan fingerprint density at radius 2 is 1.49 bits per heavy atom. The fourth-order valence-electron chi connectivity index (χ4n) is 8.42. The number of hydrogen-bond donors (Lipinski definition) is 3. The summed E-state index contributed by atoms with van der Waals surface area (Å²) in [5, 5.41) is 9.22. The molecule has 5 heterocycles. The highest BCUT2D eigenvalue weighted by Gasteiger charge is 2.45. The van der Waals surface area contributed by atoms with Crippen LogP contribution in [0, 0.1) is 5.92 Å². The Hall–Kier alpha value is -5.58. The summed E-state index contributed by atoms with van der Waals surface area (Å²) in [7, 11) is 0.702. The first-order chi connectivity index (χ1) is 29.5. The van der Waals surface area contributed by atoms with E-state index < -0.39 is 37.3 Å². The smallest absolute Gasteiger partial charge is 0.362 e. The van der Waals surface area contributed by atoms with Crippen molar-refractivity contribution in [3.8, 4) is 5.75 Å². The van der Waals surface area contributed by atoms with Crippen LogP contribution >= 0.6 is 19.2 Å². The number of nitrogens with one attached hydrogen (secondary N) is 3. The van der Waals surface area contributed by atoms with E-state index in [0.29, 0.717) is 39.7 Å². The standard InChI is InChI=1S/C42H47ClN9O8P/c1-58-35-23-28(9-11-32(35)46-42-44-24-31(43)38(48-42)45-33-6-4-5-7-36(33)61(57,59-2)60-3)50-16-14-26(15-17-50)25-49-18-20-51(21-19-49)27-8-10-29-30(22-27)41(56)52(40(29)55)34-12-13-37(53)47-39(34)54/h4-11,22-24,26,34H,12-21,25H2,1-3H3,(H,47,53,54)(H2,44,45,46,48). The second kappa shape index (κ2) is 17.8. The topological polar surface area (TPSA) is 188 Å². The normalized spacial score (nSPS) is 19.0. The minimum absolute atomic E-state index is 0.0850. The van der Waals surface area contributed by atoms with Gasteiger partial charge in [0.15, 0.2) is 5.82 Å². The van der Waals surface area contributed by atoms with Gasteiger partial charge in [0, 0.05) is 83.9 Å². The Morgan fingerprint density at radius 3 is 2.21 bits per heavy atom. The molecule has 4 amide bonds. The maximum absolute atomic E-state index is 13.4. The van der Waals surface area contributed by atoms with Gasteiger partial charge in [-0.1, -0.05) is 23.7 Å². The molecule has 4 aromatic rings. The highest BCUT2D eigenvalue weighted by Crippen LogP contribution is 2.47. The first-order valence-corrected chi connectivity index (χ1v) is 22.0. The second-order valence-corrected chi connectivity index (χ2v) is 17.9. The van der Waals surface area contributed by atoms with Crippen molar-refractivity contribution in [3.05, 3.63) is 83.0 Å². The Balaban J connectivity index is 0.835. The number of hydrogen-bond acceptors (Lipinski definition) is 15. The van der Waals surface area contributed by atoms with Gasteiger partial charge in [0.2, 0.25) is 17.8 Å². The lowest BCUT2D eigenvalue weighted by Gasteiger charge is -2.40. The predicted molar refractivity (Wildman–Crippen MR) is 231 cm³/mol. The van der Waals surface area contributed by atoms with Gasteiger partial charge in [-0.05, 0) is 67.6 Å². The first-order valence-electron chi connectivity index (χ1n) is 20.1. The Bertz CT molecular complexity index is 2400. The average Bonchev–Trinajstić information content (AvgIpc) is 3.53. The number of piperazine rings is 1. The maximum Gasteiger partial charge on any atom is 0.362 e. The number of benzene rings is 3. The van der Waals surface area contributed by atoms with Gasteiger partial charge in [0.25, 0.3) is 11.8 Å². The number of anilines is 6. The lowest BCUT2D eigenvalue weighted by Crippen LogP contribution is -2.54. The number of piperidine rings is 2. The van der Waals surface area contributed by atoms with Crippen LogP contribution in [0.3, 0.4) is 0 Å². The van der Waals surface area contributed by atoms with E-state index in [1.807, 2.05) is 18.2 Å². The second-order valence-electron chi connectivity index (χ2n) is 15.3. The predicted octanol–water partition coefficient (Wildman–Crippen LogP) is 5.18. The number of ether oxygens (including phenoxy) is 1. The van der Waals surface area contributed by atoms with Crippen LogP contribution < -0.4 is 35.8 Å². The molecule has 3 aromatic carbocycles. The van der Waals surface area contributed by atoms with Gasteiger partial charge in [-0.25, -0.2) is 4.98 Å². The molecule has 61 heavy (non-hydrogen) atoms. The molecule has 3 saturated heterocycles. The lowest BCUT2D eigenvalue weighted by molar-refractivity contribution is -0.136. The zero-order valence-corrected chi connectivity index (χ0v) is 35.7. The molecule has 0 radical (unpaired) electrons. The number of aromatic nitrogens is 2. The van der Waals surface area contributed by atoms with Crippen LogP contribution in [0.15, 0.2) is 66.9 Å². The van der Waals surface area contributed by atoms with Gasteiger partial charge in [-0.15, -0.1) is 0 Å². The van der Waals surface area contributed by atoms with Crippen molar-refractivity contribution in [1.82, 2.24) is 25.1 Å². The van der Waals surface area contributed by atoms with Crippen LogP contribution in [-0.4, -0.2) is 117 Å². The number of para-hydroxylation sites is 1. The molecule has 4 aliphatic heterocycles. The number of carbonyl (C=O) groups excluding carboxylic acids is 4. The quantitative estimate of drug-likeness (QED) is 0.118. The maximum atomic E-state index is 13.4. The third-order valence-electron chi connectivity index (χ3n) is 11.8. The molecule has 0 bridgehead atoms. The van der Waals surface area contributed by atoms with Gasteiger partial charge in [-0.2, -0.15) is 4.98 Å². The number of methoxy groups -OCH3 is 1. The fraction of sp³-hybridized carbons (Fsp3) is 0.381. The number of nitrogens with zero attached hydrogens (tertiary/aromatic N) is 6. The number of amides is 4. The third-order valence-corrected chi connectivity index (χ3v) is 14.0. The number of fused-ring (bicyclic) bond motifs is 1. The van der Waals surface area contributed by atoms with Gasteiger partial charge < -0.3 is 34.2 Å². The minimum atomic E-state index is -3.57. The van der Waals surface area contributed by atoms with Crippen molar-refractivity contribution in [2.45, 2.75) is 31.7 Å². The van der Waals surface area contributed by atoms with E-state index in [1.165, 1.54) is 20.4 Å². The van der Waals surface area contributed by atoms with Crippen LogP contribution in [0.5, 0.6) is 5.75 Å². The molecule has 0 spiro atoms. The average molecular weight is 872 g/mol. The molecule has 1 atom stereocenters. The van der Waals surface area contributed by atoms with Crippen molar-refractivity contribution >= 4 is 82.6 Å². The van der Waals surface area contributed by atoms with E-state index in [9.17, 15) is 23.7 Å². The number of rotatable bonds is 13. The van der Waals surface area contributed by atoms with E-state index in [4.69, 9.17) is 25.4 Å².